The van der Waals surface area contributed by atoms with E-state index in [1.165, 1.54) is 5.39 Å². The van der Waals surface area contributed by atoms with Crippen molar-refractivity contribution in [3.05, 3.63) is 36.1 Å². The molecular formula is C8H6NP. The highest BCUT2D eigenvalue weighted by atomic mass is 31.0. The van der Waals surface area contributed by atoms with Crippen LogP contribution < -0.4 is 0 Å². The lowest BCUT2D eigenvalue weighted by Gasteiger charge is -1.90. The Kier molecular flexibility index (Phi) is 1.37. The van der Waals surface area contributed by atoms with E-state index in [9.17, 15) is 0 Å². The molecule has 1 aromatic heterocycles. The topological polar surface area (TPSA) is 12.9 Å². The molecule has 0 radical (unpaired) electrons. The number of fused-ring (bicyclic) bond motifs is 1. The second-order valence-electron chi connectivity index (χ2n) is 2.09. The Morgan fingerprint density at radius 1 is 1.10 bits per heavy atom. The molecule has 0 saturated heterocycles. The maximum absolute atomic E-state index is 4.28. The van der Waals surface area contributed by atoms with Gasteiger partial charge in [0.25, 0.3) is 0 Å². The first-order valence-corrected chi connectivity index (χ1v) is 4.05. The number of hydrogen-bond acceptors (Lipinski definition) is 1. The van der Waals surface area contributed by atoms with Crippen molar-refractivity contribution in [2.24, 2.45) is 0 Å². The Hall–Kier alpha value is -0.940. The van der Waals surface area contributed by atoms with E-state index in [1.807, 2.05) is 24.0 Å². The number of benzene rings is 1. The average molecular weight is 147 g/mol. The average Bonchev–Trinajstić information content (AvgIpc) is 2.05. The lowest BCUT2D eigenvalue weighted by atomic mass is 10.2. The predicted molar refractivity (Wildman–Crippen MR) is 44.3 cm³/mol. The van der Waals surface area contributed by atoms with Gasteiger partial charge in [-0.25, -0.2) is 4.75 Å². The van der Waals surface area contributed by atoms with E-state index in [4.69, 9.17) is 0 Å². The van der Waals surface area contributed by atoms with E-state index in [1.54, 1.807) is 0 Å². The van der Waals surface area contributed by atoms with Crippen LogP contribution in [-0.2, 0) is 0 Å². The molecule has 0 N–H and O–H groups in total. The molecule has 48 valence electrons. The van der Waals surface area contributed by atoms with Crippen molar-refractivity contribution in [2.45, 2.75) is 0 Å². The Labute approximate surface area is 60.9 Å². The first kappa shape index (κ1) is 5.82. The van der Waals surface area contributed by atoms with E-state index in [2.05, 4.69) is 16.9 Å². The molecule has 1 heterocycles. The van der Waals surface area contributed by atoms with Gasteiger partial charge in [-0.15, -0.1) is 0 Å². The minimum Gasteiger partial charge on any atom is -0.227 e. The van der Waals surface area contributed by atoms with Gasteiger partial charge >= 0.3 is 0 Å². The van der Waals surface area contributed by atoms with Crippen molar-refractivity contribution >= 4 is 19.3 Å². The molecule has 0 aliphatic rings. The molecule has 0 spiro atoms. The van der Waals surface area contributed by atoms with Crippen molar-refractivity contribution in [2.75, 3.05) is 0 Å². The van der Waals surface area contributed by atoms with Gasteiger partial charge in [-0.1, -0.05) is 18.2 Å². The molecule has 0 atom stereocenters. The minimum atomic E-state index is 1.05. The zero-order chi connectivity index (χ0) is 6.81. The lowest BCUT2D eigenvalue weighted by molar-refractivity contribution is 1.63. The van der Waals surface area contributed by atoms with Crippen molar-refractivity contribution in [3.8, 4) is 0 Å². The smallest absolute Gasteiger partial charge is 0.0751 e. The predicted octanol–water partition coefficient (Wildman–Crippen LogP) is 2.81. The van der Waals surface area contributed by atoms with Crippen molar-refractivity contribution < 1.29 is 0 Å². The van der Waals surface area contributed by atoms with E-state index in [0.717, 1.165) is 13.9 Å². The zero-order valence-electron chi connectivity index (χ0n) is 5.36. The molecule has 2 heteroatoms. The summed E-state index contributed by atoms with van der Waals surface area (Å²) in [6, 6.07) is 10.2. The van der Waals surface area contributed by atoms with Gasteiger partial charge < -0.3 is 0 Å². The number of hydrogen-bond donors (Lipinski definition) is 0. The molecule has 0 aliphatic heterocycles. The van der Waals surface area contributed by atoms with E-state index < -0.39 is 0 Å². The van der Waals surface area contributed by atoms with E-state index in [-0.39, 0.29) is 0 Å². The first-order chi connectivity index (χ1) is 4.97. The van der Waals surface area contributed by atoms with E-state index >= 15 is 0 Å². The highest BCUT2D eigenvalue weighted by Crippen LogP contribution is 2.12. The van der Waals surface area contributed by atoms with Gasteiger partial charge in [-0.05, 0) is 17.9 Å². The summed E-state index contributed by atoms with van der Waals surface area (Å²) in [6.45, 7) is 0. The lowest BCUT2D eigenvalue weighted by Crippen LogP contribution is -1.69. The summed E-state index contributed by atoms with van der Waals surface area (Å²) in [5.74, 6) is 2.04. The fraction of sp³-hybridized carbons (Fsp3) is 0. The third-order valence-corrected chi connectivity index (χ3v) is 2.04. The van der Waals surface area contributed by atoms with Crippen LogP contribution >= 0.6 is 8.35 Å². The molecule has 0 fully saturated rings. The molecule has 2 aromatic rings. The quantitative estimate of drug-likeness (QED) is 0.558. The fourth-order valence-electron chi connectivity index (χ4n) is 0.929. The van der Waals surface area contributed by atoms with Gasteiger partial charge in [0.15, 0.2) is 0 Å². The molecular weight excluding hydrogens is 141 g/mol. The highest BCUT2D eigenvalue weighted by Gasteiger charge is 1.87. The van der Waals surface area contributed by atoms with Gasteiger partial charge in [0.1, 0.15) is 0 Å². The van der Waals surface area contributed by atoms with Gasteiger partial charge in [0, 0.05) is 13.7 Å². The van der Waals surface area contributed by atoms with Crippen LogP contribution in [0.5, 0.6) is 0 Å². The summed E-state index contributed by atoms with van der Waals surface area (Å²) in [5.41, 5.74) is 1.10. The minimum absolute atomic E-state index is 1.05. The molecule has 0 unspecified atom stereocenters. The van der Waals surface area contributed by atoms with Gasteiger partial charge in [-0.2, -0.15) is 0 Å². The van der Waals surface area contributed by atoms with Crippen molar-refractivity contribution in [1.82, 2.24) is 4.75 Å². The molecule has 0 saturated carbocycles. The van der Waals surface area contributed by atoms with Crippen LogP contribution in [-0.4, -0.2) is 4.75 Å². The monoisotopic (exact) mass is 147 g/mol. The SMILES string of the molecule is c1ccc2npccc2c1. The van der Waals surface area contributed by atoms with Crippen molar-refractivity contribution in [3.63, 3.8) is 0 Å². The van der Waals surface area contributed by atoms with Gasteiger partial charge in [0.05, 0.1) is 5.52 Å². The number of nitrogens with zero attached hydrogens (tertiary/aromatic N) is 1. The van der Waals surface area contributed by atoms with Crippen LogP contribution in [0.2, 0.25) is 0 Å². The molecule has 2 rings (SSSR count). The first-order valence-electron chi connectivity index (χ1n) is 3.13. The van der Waals surface area contributed by atoms with Crippen LogP contribution in [0.4, 0.5) is 0 Å². The third kappa shape index (κ3) is 0.891. The van der Waals surface area contributed by atoms with Crippen LogP contribution in [0.1, 0.15) is 0 Å². The Balaban J connectivity index is 2.89. The molecule has 1 nitrogen and oxygen atoms in total. The fourth-order valence-corrected chi connectivity index (χ4v) is 1.53. The van der Waals surface area contributed by atoms with Gasteiger partial charge in [0.2, 0.25) is 0 Å². The summed E-state index contributed by atoms with van der Waals surface area (Å²) < 4.78 is 4.28. The second-order valence-corrected chi connectivity index (χ2v) is 2.82. The zero-order valence-corrected chi connectivity index (χ0v) is 6.25. The molecule has 0 aliphatic carbocycles. The van der Waals surface area contributed by atoms with Crippen molar-refractivity contribution in [1.29, 1.82) is 0 Å². The standard InChI is InChI=1S/C8H6NP/c1-2-4-8-7(3-1)5-6-10-9-8/h1-6H. The summed E-state index contributed by atoms with van der Waals surface area (Å²) >= 11 is 0. The van der Waals surface area contributed by atoms with Crippen LogP contribution in [0.15, 0.2) is 36.1 Å². The number of rotatable bonds is 0. The van der Waals surface area contributed by atoms with Gasteiger partial charge in [-0.3, -0.25) is 0 Å². The molecule has 0 amide bonds. The number of aromatic nitrogens is 1. The van der Waals surface area contributed by atoms with Crippen LogP contribution in [0.25, 0.3) is 10.9 Å². The highest BCUT2D eigenvalue weighted by molar-refractivity contribution is 7.24. The third-order valence-electron chi connectivity index (χ3n) is 1.42. The van der Waals surface area contributed by atoms with Crippen LogP contribution in [0, 0.1) is 0 Å². The normalized spacial score (nSPS) is 10.8. The summed E-state index contributed by atoms with van der Waals surface area (Å²) in [7, 11) is 1.05. The van der Waals surface area contributed by atoms with E-state index in [0.29, 0.717) is 0 Å². The summed E-state index contributed by atoms with van der Waals surface area (Å²) in [5, 5.41) is 1.22. The summed E-state index contributed by atoms with van der Waals surface area (Å²) in [4.78, 5) is 0. The maximum Gasteiger partial charge on any atom is 0.0751 e. The largest absolute Gasteiger partial charge is 0.227 e. The Bertz CT molecular complexity index is 280. The molecule has 1 aromatic carbocycles. The summed E-state index contributed by atoms with van der Waals surface area (Å²) in [6.07, 6.45) is 0. The Morgan fingerprint density at radius 2 is 2.00 bits per heavy atom. The maximum atomic E-state index is 4.28. The molecule has 0 bridgehead atoms. The second kappa shape index (κ2) is 2.36. The molecule has 10 heavy (non-hydrogen) atoms. The Morgan fingerprint density at radius 3 is 2.90 bits per heavy atom. The van der Waals surface area contributed by atoms with Crippen LogP contribution in [0.3, 0.4) is 0 Å².